The first kappa shape index (κ1) is 14.9. The maximum Gasteiger partial charge on any atom is 0.230 e. The molecular formula is C17H22N2O3. The van der Waals surface area contributed by atoms with Gasteiger partial charge in [0, 0.05) is 25.9 Å². The molecule has 0 saturated carbocycles. The van der Waals surface area contributed by atoms with Crippen molar-refractivity contribution in [3.05, 3.63) is 24.3 Å². The van der Waals surface area contributed by atoms with Gasteiger partial charge < -0.3 is 14.5 Å². The van der Waals surface area contributed by atoms with Crippen molar-refractivity contribution in [1.29, 1.82) is 0 Å². The van der Waals surface area contributed by atoms with Gasteiger partial charge in [0.1, 0.15) is 11.9 Å². The number of likely N-dealkylation sites (tertiary alicyclic amines) is 1. The molecule has 0 aromatic heterocycles. The second-order valence-corrected chi connectivity index (χ2v) is 6.13. The van der Waals surface area contributed by atoms with Crippen LogP contribution in [0.25, 0.3) is 0 Å². The van der Waals surface area contributed by atoms with E-state index >= 15 is 0 Å². The van der Waals surface area contributed by atoms with Crippen LogP contribution in [0.4, 0.5) is 5.69 Å². The summed E-state index contributed by atoms with van der Waals surface area (Å²) in [6.07, 6.45) is 1.48. The first-order valence-corrected chi connectivity index (χ1v) is 7.89. The molecule has 3 rings (SSSR count). The van der Waals surface area contributed by atoms with Crippen LogP contribution in [0.3, 0.4) is 0 Å². The van der Waals surface area contributed by atoms with Crippen LogP contribution in [0, 0.1) is 5.92 Å². The first-order chi connectivity index (χ1) is 10.6. The van der Waals surface area contributed by atoms with Gasteiger partial charge in [-0.2, -0.15) is 0 Å². The summed E-state index contributed by atoms with van der Waals surface area (Å²) in [6.45, 7) is 5.50. The van der Waals surface area contributed by atoms with Crippen LogP contribution in [0.2, 0.25) is 0 Å². The molecule has 1 saturated heterocycles. The molecule has 0 aliphatic carbocycles. The minimum absolute atomic E-state index is 0.00356. The molecule has 1 atom stereocenters. The number of hydrogen-bond acceptors (Lipinski definition) is 3. The van der Waals surface area contributed by atoms with Gasteiger partial charge >= 0.3 is 0 Å². The molecule has 22 heavy (non-hydrogen) atoms. The van der Waals surface area contributed by atoms with E-state index in [9.17, 15) is 9.59 Å². The molecule has 0 bridgehead atoms. The van der Waals surface area contributed by atoms with Crippen molar-refractivity contribution >= 4 is 17.5 Å². The quantitative estimate of drug-likeness (QED) is 0.798. The zero-order valence-electron chi connectivity index (χ0n) is 13.1. The van der Waals surface area contributed by atoms with Crippen molar-refractivity contribution < 1.29 is 14.3 Å². The van der Waals surface area contributed by atoms with E-state index in [1.54, 1.807) is 6.92 Å². The second kappa shape index (κ2) is 5.99. The van der Waals surface area contributed by atoms with E-state index in [1.807, 2.05) is 41.0 Å². The SMILES string of the molecule is CC(=O)N1CCC(C(=O)N2CC(C)Oc3ccccc32)CC1. The zero-order chi connectivity index (χ0) is 15.7. The van der Waals surface area contributed by atoms with Gasteiger partial charge in [-0.1, -0.05) is 12.1 Å². The molecule has 0 spiro atoms. The summed E-state index contributed by atoms with van der Waals surface area (Å²) < 4.78 is 5.80. The molecule has 2 aliphatic rings. The summed E-state index contributed by atoms with van der Waals surface area (Å²) in [7, 11) is 0. The standard InChI is InChI=1S/C17H22N2O3/c1-12-11-19(15-5-3-4-6-16(15)22-12)17(21)14-7-9-18(10-8-14)13(2)20/h3-6,12,14H,7-11H2,1-2H3. The molecule has 1 aromatic carbocycles. The summed E-state index contributed by atoms with van der Waals surface area (Å²) in [6, 6.07) is 7.69. The number of benzene rings is 1. The highest BCUT2D eigenvalue weighted by Crippen LogP contribution is 2.35. The molecule has 1 fully saturated rings. The summed E-state index contributed by atoms with van der Waals surface area (Å²) in [4.78, 5) is 28.0. The Labute approximate surface area is 130 Å². The molecule has 1 aromatic rings. The van der Waals surface area contributed by atoms with Crippen molar-refractivity contribution in [3.63, 3.8) is 0 Å². The average molecular weight is 302 g/mol. The second-order valence-electron chi connectivity index (χ2n) is 6.13. The number of amides is 2. The van der Waals surface area contributed by atoms with Crippen LogP contribution in [0.5, 0.6) is 5.75 Å². The van der Waals surface area contributed by atoms with Gasteiger partial charge in [0.2, 0.25) is 11.8 Å². The van der Waals surface area contributed by atoms with Crippen molar-refractivity contribution in [2.75, 3.05) is 24.5 Å². The number of hydrogen-bond donors (Lipinski definition) is 0. The fourth-order valence-electron chi connectivity index (χ4n) is 3.26. The van der Waals surface area contributed by atoms with Crippen molar-refractivity contribution in [3.8, 4) is 5.75 Å². The van der Waals surface area contributed by atoms with E-state index < -0.39 is 0 Å². The number of piperidine rings is 1. The fraction of sp³-hybridized carbons (Fsp3) is 0.529. The Morgan fingerprint density at radius 2 is 1.86 bits per heavy atom. The van der Waals surface area contributed by atoms with Crippen LogP contribution < -0.4 is 9.64 Å². The highest BCUT2D eigenvalue weighted by molar-refractivity contribution is 5.97. The van der Waals surface area contributed by atoms with Gasteiger partial charge in [0.25, 0.3) is 0 Å². The third kappa shape index (κ3) is 2.80. The molecule has 2 aliphatic heterocycles. The van der Waals surface area contributed by atoms with Crippen LogP contribution >= 0.6 is 0 Å². The van der Waals surface area contributed by atoms with E-state index in [0.717, 1.165) is 24.3 Å². The third-order valence-corrected chi connectivity index (χ3v) is 4.48. The van der Waals surface area contributed by atoms with Gasteiger partial charge in [-0.25, -0.2) is 0 Å². The van der Waals surface area contributed by atoms with Crippen molar-refractivity contribution in [1.82, 2.24) is 4.90 Å². The Morgan fingerprint density at radius 3 is 2.55 bits per heavy atom. The van der Waals surface area contributed by atoms with Gasteiger partial charge in [-0.05, 0) is 31.9 Å². The van der Waals surface area contributed by atoms with Gasteiger partial charge in [0.05, 0.1) is 12.2 Å². The number of ether oxygens (including phenoxy) is 1. The van der Waals surface area contributed by atoms with Gasteiger partial charge in [-0.15, -0.1) is 0 Å². The van der Waals surface area contributed by atoms with E-state index in [1.165, 1.54) is 0 Å². The number of para-hydroxylation sites is 2. The lowest BCUT2D eigenvalue weighted by Crippen LogP contribution is -2.48. The number of anilines is 1. The molecule has 2 amide bonds. The van der Waals surface area contributed by atoms with Crippen molar-refractivity contribution in [2.24, 2.45) is 5.92 Å². The highest BCUT2D eigenvalue weighted by Gasteiger charge is 2.34. The normalized spacial score (nSPS) is 22.0. The molecule has 5 heteroatoms. The highest BCUT2D eigenvalue weighted by atomic mass is 16.5. The number of carbonyl (C=O) groups excluding carboxylic acids is 2. The fourth-order valence-corrected chi connectivity index (χ4v) is 3.26. The Bertz CT molecular complexity index is 579. The van der Waals surface area contributed by atoms with Crippen molar-refractivity contribution in [2.45, 2.75) is 32.8 Å². The predicted molar refractivity (Wildman–Crippen MR) is 83.9 cm³/mol. The molecule has 0 N–H and O–H groups in total. The minimum Gasteiger partial charge on any atom is -0.487 e. The topological polar surface area (TPSA) is 49.9 Å². The molecule has 0 radical (unpaired) electrons. The predicted octanol–water partition coefficient (Wildman–Crippen LogP) is 2.06. The van der Waals surface area contributed by atoms with E-state index in [2.05, 4.69) is 0 Å². The lowest BCUT2D eigenvalue weighted by molar-refractivity contribution is -0.133. The van der Waals surface area contributed by atoms with Gasteiger partial charge in [0.15, 0.2) is 0 Å². The maximum atomic E-state index is 12.9. The monoisotopic (exact) mass is 302 g/mol. The maximum absolute atomic E-state index is 12.9. The summed E-state index contributed by atoms with van der Waals surface area (Å²) in [5.74, 6) is 1.02. The smallest absolute Gasteiger partial charge is 0.230 e. The van der Waals surface area contributed by atoms with Gasteiger partial charge in [-0.3, -0.25) is 9.59 Å². The van der Waals surface area contributed by atoms with Crippen LogP contribution in [-0.2, 0) is 9.59 Å². The third-order valence-electron chi connectivity index (χ3n) is 4.48. The number of rotatable bonds is 1. The summed E-state index contributed by atoms with van der Waals surface area (Å²) in [5, 5.41) is 0. The van der Waals surface area contributed by atoms with Crippen LogP contribution in [0.15, 0.2) is 24.3 Å². The Kier molecular flexibility index (Phi) is 4.05. The van der Waals surface area contributed by atoms with Crippen LogP contribution in [-0.4, -0.2) is 42.5 Å². The molecule has 2 heterocycles. The van der Waals surface area contributed by atoms with E-state index in [-0.39, 0.29) is 23.8 Å². The molecular weight excluding hydrogens is 280 g/mol. The Balaban J connectivity index is 1.74. The summed E-state index contributed by atoms with van der Waals surface area (Å²) in [5.41, 5.74) is 0.861. The minimum atomic E-state index is -0.00560. The first-order valence-electron chi connectivity index (χ1n) is 7.89. The van der Waals surface area contributed by atoms with E-state index in [4.69, 9.17) is 4.74 Å². The molecule has 5 nitrogen and oxygen atoms in total. The molecule has 1 unspecified atom stereocenters. The molecule has 118 valence electrons. The average Bonchev–Trinajstić information content (AvgIpc) is 2.53. The number of nitrogens with zero attached hydrogens (tertiary/aromatic N) is 2. The number of carbonyl (C=O) groups is 2. The summed E-state index contributed by atoms with van der Waals surface area (Å²) >= 11 is 0. The Hall–Kier alpha value is -2.04. The van der Waals surface area contributed by atoms with E-state index in [0.29, 0.717) is 19.6 Å². The largest absolute Gasteiger partial charge is 0.487 e. The number of fused-ring (bicyclic) bond motifs is 1. The Morgan fingerprint density at radius 1 is 1.18 bits per heavy atom. The zero-order valence-corrected chi connectivity index (χ0v) is 13.1. The van der Waals surface area contributed by atoms with Crippen LogP contribution in [0.1, 0.15) is 26.7 Å². The lowest BCUT2D eigenvalue weighted by atomic mass is 9.94. The lowest BCUT2D eigenvalue weighted by Gasteiger charge is -2.37.